The molecule has 0 saturated carbocycles. The Morgan fingerprint density at radius 2 is 1.75 bits per heavy atom. The number of aryl methyl sites for hydroxylation is 3. The summed E-state index contributed by atoms with van der Waals surface area (Å²) in [5, 5.41) is 5.22. The largest absolute Gasteiger partial charge is 0.495 e. The highest BCUT2D eigenvalue weighted by atomic mass is 32.2. The van der Waals surface area contributed by atoms with Crippen LogP contribution in [-0.4, -0.2) is 33.4 Å². The Morgan fingerprint density at radius 1 is 1.08 bits per heavy atom. The molecule has 2 N–H and O–H groups in total. The molecule has 0 saturated heterocycles. The van der Waals surface area contributed by atoms with Gasteiger partial charge in [0, 0.05) is 6.07 Å². The number of hydrogen-bond donors (Lipinski definition) is 2. The lowest BCUT2D eigenvalue weighted by atomic mass is 10.1. The van der Waals surface area contributed by atoms with Gasteiger partial charge in [-0.3, -0.25) is 13.9 Å². The molecule has 3 aromatic rings. The van der Waals surface area contributed by atoms with Crippen LogP contribution in [0.15, 0.2) is 59.5 Å². The predicted molar refractivity (Wildman–Crippen MR) is 135 cm³/mol. The van der Waals surface area contributed by atoms with Gasteiger partial charge in [-0.25, -0.2) is 12.8 Å². The molecule has 4 rings (SSSR count). The van der Waals surface area contributed by atoms with Gasteiger partial charge in [-0.2, -0.15) is 0 Å². The Balaban J connectivity index is 1.77. The Kier molecular flexibility index (Phi) is 6.73. The van der Waals surface area contributed by atoms with Crippen molar-refractivity contribution in [1.82, 2.24) is 0 Å². The number of hydrogen-bond acceptors (Lipinski definition) is 5. The van der Waals surface area contributed by atoms with E-state index in [0.717, 1.165) is 15.9 Å². The highest BCUT2D eigenvalue weighted by Crippen LogP contribution is 2.39. The van der Waals surface area contributed by atoms with E-state index in [1.54, 1.807) is 50.2 Å². The third-order valence-corrected chi connectivity index (χ3v) is 8.05. The lowest BCUT2D eigenvalue weighted by Crippen LogP contribution is -2.52. The van der Waals surface area contributed by atoms with Crippen LogP contribution in [0, 0.1) is 26.6 Å². The first-order valence-electron chi connectivity index (χ1n) is 11.2. The topological polar surface area (TPSA) is 105 Å². The first-order chi connectivity index (χ1) is 17.0. The molecule has 0 spiro atoms. The van der Waals surface area contributed by atoms with Crippen LogP contribution in [0.25, 0.3) is 0 Å². The van der Waals surface area contributed by atoms with Crippen LogP contribution in [-0.2, 0) is 19.6 Å². The number of carbonyl (C=O) groups excluding carboxylic acids is 2. The summed E-state index contributed by atoms with van der Waals surface area (Å²) in [4.78, 5) is 26.2. The fourth-order valence-corrected chi connectivity index (χ4v) is 6.61. The number of methoxy groups -OCH3 is 1. The SMILES string of the molecule is COc1ccc(F)cc1NC(=O)CC1C(=O)Nc2ccccc2N1S(=O)(=O)c1c(C)cc(C)cc1C. The van der Waals surface area contributed by atoms with Crippen LogP contribution in [0.5, 0.6) is 5.75 Å². The first-order valence-corrected chi connectivity index (χ1v) is 12.6. The quantitative estimate of drug-likeness (QED) is 0.513. The highest BCUT2D eigenvalue weighted by molar-refractivity contribution is 7.93. The molecule has 1 aliphatic rings. The van der Waals surface area contributed by atoms with Crippen molar-refractivity contribution >= 4 is 38.9 Å². The van der Waals surface area contributed by atoms with Crippen molar-refractivity contribution in [2.45, 2.75) is 38.1 Å². The maximum atomic E-state index is 14.1. The highest BCUT2D eigenvalue weighted by Gasteiger charge is 2.43. The molecule has 1 atom stereocenters. The van der Waals surface area contributed by atoms with E-state index in [1.807, 2.05) is 6.92 Å². The zero-order valence-electron chi connectivity index (χ0n) is 20.3. The number of benzene rings is 3. The lowest BCUT2D eigenvalue weighted by Gasteiger charge is -2.37. The molecule has 36 heavy (non-hydrogen) atoms. The second-order valence-corrected chi connectivity index (χ2v) is 10.4. The monoisotopic (exact) mass is 511 g/mol. The van der Waals surface area contributed by atoms with Gasteiger partial charge < -0.3 is 15.4 Å². The zero-order chi connectivity index (χ0) is 26.2. The number of para-hydroxylation sites is 2. The molecule has 1 unspecified atom stereocenters. The van der Waals surface area contributed by atoms with Gasteiger partial charge in [0.2, 0.25) is 11.8 Å². The number of nitrogens with zero attached hydrogens (tertiary/aromatic N) is 1. The van der Waals surface area contributed by atoms with Crippen molar-refractivity contribution in [3.05, 3.63) is 77.1 Å². The third kappa shape index (κ3) is 4.64. The van der Waals surface area contributed by atoms with Crippen molar-refractivity contribution < 1.29 is 27.1 Å². The zero-order valence-corrected chi connectivity index (χ0v) is 21.1. The number of carbonyl (C=O) groups is 2. The standard InChI is InChI=1S/C26H26FN3O5S/c1-15-11-16(2)25(17(3)12-15)36(33,34)30-21-8-6-5-7-19(21)29-26(32)22(30)14-24(31)28-20-13-18(27)9-10-23(20)35-4/h5-13,22H,14H2,1-4H3,(H,28,31)(H,29,32). The van der Waals surface area contributed by atoms with E-state index in [9.17, 15) is 22.4 Å². The molecular weight excluding hydrogens is 485 g/mol. The number of nitrogens with one attached hydrogen (secondary N) is 2. The third-order valence-electron chi connectivity index (χ3n) is 5.92. The molecule has 3 aromatic carbocycles. The van der Waals surface area contributed by atoms with Gasteiger partial charge in [0.05, 0.1) is 35.5 Å². The van der Waals surface area contributed by atoms with Crippen molar-refractivity contribution in [2.75, 3.05) is 22.0 Å². The summed E-state index contributed by atoms with van der Waals surface area (Å²) in [6, 6.07) is 12.3. The Labute approximate surface area is 209 Å². The van der Waals surface area contributed by atoms with Gasteiger partial charge in [-0.1, -0.05) is 29.8 Å². The molecule has 0 aliphatic carbocycles. The molecule has 2 amide bonds. The second kappa shape index (κ2) is 9.62. The molecule has 0 fully saturated rings. The summed E-state index contributed by atoms with van der Waals surface area (Å²) < 4.78 is 48.1. The fraction of sp³-hybridized carbons (Fsp3) is 0.231. The number of anilines is 3. The van der Waals surface area contributed by atoms with Crippen LogP contribution < -0.4 is 19.7 Å². The summed E-state index contributed by atoms with van der Waals surface area (Å²) in [6.07, 6.45) is -0.511. The van der Waals surface area contributed by atoms with Crippen LogP contribution in [0.2, 0.25) is 0 Å². The summed E-state index contributed by atoms with van der Waals surface area (Å²) >= 11 is 0. The number of amides is 2. The Bertz CT molecular complexity index is 1450. The minimum Gasteiger partial charge on any atom is -0.495 e. The smallest absolute Gasteiger partial charge is 0.265 e. The molecule has 188 valence electrons. The van der Waals surface area contributed by atoms with Crippen LogP contribution >= 0.6 is 0 Å². The molecule has 0 bridgehead atoms. The number of fused-ring (bicyclic) bond motifs is 1. The maximum Gasteiger partial charge on any atom is 0.265 e. The van der Waals surface area contributed by atoms with Gasteiger partial charge in [-0.05, 0) is 56.2 Å². The summed E-state index contributed by atoms with van der Waals surface area (Å²) in [7, 11) is -2.90. The van der Waals surface area contributed by atoms with Gasteiger partial charge >= 0.3 is 0 Å². The molecule has 1 heterocycles. The molecule has 0 aromatic heterocycles. The molecule has 1 aliphatic heterocycles. The predicted octanol–water partition coefficient (Wildman–Crippen LogP) is 4.30. The number of ether oxygens (including phenoxy) is 1. The van der Waals surface area contributed by atoms with Crippen molar-refractivity contribution in [3.8, 4) is 5.75 Å². The molecular formula is C26H26FN3O5S. The minimum absolute atomic E-state index is 0.0683. The van der Waals surface area contributed by atoms with Crippen LogP contribution in [0.3, 0.4) is 0 Å². The summed E-state index contributed by atoms with van der Waals surface area (Å²) in [5.41, 5.74) is 2.60. The maximum absolute atomic E-state index is 14.1. The summed E-state index contributed by atoms with van der Waals surface area (Å²) in [6.45, 7) is 5.26. The van der Waals surface area contributed by atoms with Gasteiger partial charge in [0.15, 0.2) is 0 Å². The van der Waals surface area contributed by atoms with Crippen LogP contribution in [0.4, 0.5) is 21.5 Å². The van der Waals surface area contributed by atoms with E-state index in [4.69, 9.17) is 4.74 Å². The van der Waals surface area contributed by atoms with E-state index < -0.39 is 40.1 Å². The van der Waals surface area contributed by atoms with Gasteiger partial charge in [0.25, 0.3) is 10.0 Å². The minimum atomic E-state index is -4.27. The van der Waals surface area contributed by atoms with Gasteiger partial charge in [-0.15, -0.1) is 0 Å². The van der Waals surface area contributed by atoms with E-state index >= 15 is 0 Å². The number of rotatable bonds is 6. The van der Waals surface area contributed by atoms with Crippen molar-refractivity contribution in [1.29, 1.82) is 0 Å². The average molecular weight is 512 g/mol. The van der Waals surface area contributed by atoms with Crippen LogP contribution in [0.1, 0.15) is 23.1 Å². The summed E-state index contributed by atoms with van der Waals surface area (Å²) in [5.74, 6) is -1.71. The lowest BCUT2D eigenvalue weighted by molar-refractivity contribution is -0.122. The average Bonchev–Trinajstić information content (AvgIpc) is 2.78. The Morgan fingerprint density at radius 3 is 2.42 bits per heavy atom. The first kappa shape index (κ1) is 25.2. The molecule has 0 radical (unpaired) electrons. The normalized spacial score (nSPS) is 15.2. The molecule has 8 nitrogen and oxygen atoms in total. The van der Waals surface area contributed by atoms with E-state index in [1.165, 1.54) is 19.2 Å². The van der Waals surface area contributed by atoms with E-state index in [-0.39, 0.29) is 22.0 Å². The fourth-order valence-electron chi connectivity index (χ4n) is 4.56. The number of halogens is 1. The van der Waals surface area contributed by atoms with E-state index in [0.29, 0.717) is 16.8 Å². The Hall–Kier alpha value is -3.92. The second-order valence-electron chi connectivity index (χ2n) is 8.65. The van der Waals surface area contributed by atoms with Gasteiger partial charge in [0.1, 0.15) is 17.6 Å². The van der Waals surface area contributed by atoms with E-state index in [2.05, 4.69) is 10.6 Å². The van der Waals surface area contributed by atoms with Crippen molar-refractivity contribution in [3.63, 3.8) is 0 Å². The van der Waals surface area contributed by atoms with Crippen molar-refractivity contribution in [2.24, 2.45) is 0 Å². The molecule has 10 heteroatoms. The number of sulfonamides is 1.